The summed E-state index contributed by atoms with van der Waals surface area (Å²) in [5.41, 5.74) is 0.689. The van der Waals surface area contributed by atoms with Crippen LogP contribution in [-0.4, -0.2) is 37.3 Å². The van der Waals surface area contributed by atoms with Gasteiger partial charge in [-0.3, -0.25) is 9.69 Å². The highest BCUT2D eigenvalue weighted by atomic mass is 35.5. The van der Waals surface area contributed by atoms with Crippen LogP contribution in [0.25, 0.3) is 10.2 Å². The van der Waals surface area contributed by atoms with Crippen LogP contribution in [0.4, 0.5) is 5.13 Å². The zero-order valence-corrected chi connectivity index (χ0v) is 14.0. The Morgan fingerprint density at radius 3 is 3.05 bits per heavy atom. The fourth-order valence-corrected chi connectivity index (χ4v) is 3.86. The fourth-order valence-electron chi connectivity index (χ4n) is 2.55. The minimum absolute atomic E-state index is 0.0513. The van der Waals surface area contributed by atoms with Crippen molar-refractivity contribution in [2.24, 2.45) is 0 Å². The van der Waals surface area contributed by atoms with Crippen LogP contribution < -0.4 is 9.64 Å². The topological polar surface area (TPSA) is 51.7 Å². The van der Waals surface area contributed by atoms with Crippen molar-refractivity contribution < 1.29 is 14.3 Å². The first-order valence-electron chi connectivity index (χ1n) is 7.13. The van der Waals surface area contributed by atoms with E-state index in [0.29, 0.717) is 28.0 Å². The zero-order valence-electron chi connectivity index (χ0n) is 12.5. The van der Waals surface area contributed by atoms with Crippen molar-refractivity contribution in [3.63, 3.8) is 0 Å². The third-order valence-corrected chi connectivity index (χ3v) is 5.23. The first-order valence-corrected chi connectivity index (χ1v) is 8.32. The summed E-state index contributed by atoms with van der Waals surface area (Å²) in [5.74, 6) is 0.604. The van der Waals surface area contributed by atoms with Crippen LogP contribution in [0.15, 0.2) is 12.1 Å². The van der Waals surface area contributed by atoms with E-state index in [-0.39, 0.29) is 12.0 Å². The number of thiazole rings is 1. The molecule has 118 valence electrons. The molecule has 1 aromatic carbocycles. The number of carbonyl (C=O) groups is 1. The molecular weight excluding hydrogens is 324 g/mol. The van der Waals surface area contributed by atoms with Crippen molar-refractivity contribution in [3.05, 3.63) is 17.2 Å². The van der Waals surface area contributed by atoms with E-state index >= 15 is 0 Å². The summed E-state index contributed by atoms with van der Waals surface area (Å²) in [5, 5.41) is 1.24. The molecule has 1 fully saturated rings. The molecule has 1 atom stereocenters. The van der Waals surface area contributed by atoms with E-state index in [1.165, 1.54) is 11.3 Å². The second-order valence-corrected chi connectivity index (χ2v) is 6.57. The van der Waals surface area contributed by atoms with E-state index in [9.17, 15) is 4.79 Å². The molecule has 0 unspecified atom stereocenters. The lowest BCUT2D eigenvalue weighted by molar-refractivity contribution is -0.116. The molecule has 0 saturated carbocycles. The molecule has 2 heterocycles. The van der Waals surface area contributed by atoms with Gasteiger partial charge < -0.3 is 9.47 Å². The van der Waals surface area contributed by atoms with Gasteiger partial charge in [0.2, 0.25) is 5.91 Å². The Labute approximate surface area is 137 Å². The van der Waals surface area contributed by atoms with E-state index in [0.717, 1.165) is 24.1 Å². The smallest absolute Gasteiger partial charge is 0.225 e. The molecule has 1 aliphatic rings. The number of methoxy groups -OCH3 is 1. The Morgan fingerprint density at radius 1 is 1.59 bits per heavy atom. The van der Waals surface area contributed by atoms with Gasteiger partial charge in [0.1, 0.15) is 11.3 Å². The maximum absolute atomic E-state index is 12.0. The van der Waals surface area contributed by atoms with Gasteiger partial charge in [-0.2, -0.15) is 0 Å². The Hall–Kier alpha value is -1.37. The number of halogens is 1. The minimum Gasteiger partial charge on any atom is -0.494 e. The average molecular weight is 341 g/mol. The van der Waals surface area contributed by atoms with Gasteiger partial charge in [-0.1, -0.05) is 22.9 Å². The van der Waals surface area contributed by atoms with Gasteiger partial charge in [0.05, 0.1) is 29.5 Å². The average Bonchev–Trinajstić information content (AvgIpc) is 3.14. The van der Waals surface area contributed by atoms with Gasteiger partial charge in [-0.05, 0) is 25.0 Å². The molecule has 0 spiro atoms. The molecule has 1 saturated heterocycles. The first kappa shape index (κ1) is 15.5. The predicted octanol–water partition coefficient (Wildman–Crippen LogP) is 3.49. The van der Waals surface area contributed by atoms with E-state index < -0.39 is 0 Å². The van der Waals surface area contributed by atoms with E-state index in [2.05, 4.69) is 4.98 Å². The first-order chi connectivity index (χ1) is 10.6. The zero-order chi connectivity index (χ0) is 15.7. The van der Waals surface area contributed by atoms with Gasteiger partial charge in [-0.15, -0.1) is 0 Å². The largest absolute Gasteiger partial charge is 0.494 e. The Balaban J connectivity index is 1.98. The van der Waals surface area contributed by atoms with Crippen LogP contribution >= 0.6 is 22.9 Å². The van der Waals surface area contributed by atoms with Crippen molar-refractivity contribution >= 4 is 44.2 Å². The lowest BCUT2D eigenvalue weighted by Gasteiger charge is -2.21. The molecule has 3 rings (SSSR count). The quantitative estimate of drug-likeness (QED) is 0.855. The molecule has 1 aliphatic heterocycles. The SMILES string of the molecule is COc1ccc(Cl)c2sc(N(C[C@H]3CCCO3)C(C)=O)nc12. The van der Waals surface area contributed by atoms with Gasteiger partial charge in [0, 0.05) is 13.5 Å². The number of anilines is 1. The molecule has 0 radical (unpaired) electrons. The van der Waals surface area contributed by atoms with Crippen molar-refractivity contribution in [2.75, 3.05) is 25.2 Å². The number of aromatic nitrogens is 1. The normalized spacial score (nSPS) is 17.9. The molecular formula is C15H17ClN2O3S. The number of carbonyl (C=O) groups excluding carboxylic acids is 1. The number of ether oxygens (including phenoxy) is 2. The highest BCUT2D eigenvalue weighted by Crippen LogP contribution is 2.39. The fraction of sp³-hybridized carbons (Fsp3) is 0.467. The molecule has 0 aliphatic carbocycles. The summed E-state index contributed by atoms with van der Waals surface area (Å²) in [4.78, 5) is 18.3. The van der Waals surface area contributed by atoms with Gasteiger partial charge in [0.15, 0.2) is 5.13 Å². The highest BCUT2D eigenvalue weighted by molar-refractivity contribution is 7.23. The van der Waals surface area contributed by atoms with Gasteiger partial charge in [-0.25, -0.2) is 4.98 Å². The van der Waals surface area contributed by atoms with Crippen molar-refractivity contribution in [2.45, 2.75) is 25.9 Å². The van der Waals surface area contributed by atoms with Crippen molar-refractivity contribution in [3.8, 4) is 5.75 Å². The molecule has 0 N–H and O–H groups in total. The van der Waals surface area contributed by atoms with Gasteiger partial charge in [0.25, 0.3) is 0 Å². The molecule has 1 aromatic heterocycles. The van der Waals surface area contributed by atoms with Crippen LogP contribution in [0.1, 0.15) is 19.8 Å². The Bertz CT molecular complexity index is 697. The number of nitrogens with zero attached hydrogens (tertiary/aromatic N) is 2. The predicted molar refractivity (Wildman–Crippen MR) is 88.2 cm³/mol. The second-order valence-electron chi connectivity index (χ2n) is 5.19. The maximum Gasteiger partial charge on any atom is 0.225 e. The highest BCUT2D eigenvalue weighted by Gasteiger charge is 2.25. The van der Waals surface area contributed by atoms with Crippen molar-refractivity contribution in [1.29, 1.82) is 0 Å². The van der Waals surface area contributed by atoms with Crippen LogP contribution in [0, 0.1) is 0 Å². The number of benzene rings is 1. The number of hydrogen-bond acceptors (Lipinski definition) is 5. The van der Waals surface area contributed by atoms with Crippen LogP contribution in [0.2, 0.25) is 5.02 Å². The number of fused-ring (bicyclic) bond motifs is 1. The summed E-state index contributed by atoms with van der Waals surface area (Å²) in [6, 6.07) is 3.56. The molecule has 0 bridgehead atoms. The van der Waals surface area contributed by atoms with Crippen molar-refractivity contribution in [1.82, 2.24) is 4.98 Å². The lowest BCUT2D eigenvalue weighted by atomic mass is 10.2. The molecule has 7 heteroatoms. The third-order valence-electron chi connectivity index (χ3n) is 3.69. The number of hydrogen-bond donors (Lipinski definition) is 0. The number of rotatable bonds is 4. The van der Waals surface area contributed by atoms with Crippen LogP contribution in [0.5, 0.6) is 5.75 Å². The molecule has 2 aromatic rings. The van der Waals surface area contributed by atoms with E-state index in [1.807, 2.05) is 0 Å². The summed E-state index contributed by atoms with van der Waals surface area (Å²) < 4.78 is 11.8. The lowest BCUT2D eigenvalue weighted by Crippen LogP contribution is -2.35. The summed E-state index contributed by atoms with van der Waals surface area (Å²) in [7, 11) is 1.59. The minimum atomic E-state index is -0.0513. The van der Waals surface area contributed by atoms with Gasteiger partial charge >= 0.3 is 0 Å². The standard InChI is InChI=1S/C15H17ClN2O3S/c1-9(19)18(8-10-4-3-7-21-10)15-17-13-12(20-2)6-5-11(16)14(13)22-15/h5-6,10H,3-4,7-8H2,1-2H3/t10-/m1/s1. The van der Waals surface area contributed by atoms with Crippen LogP contribution in [0.3, 0.4) is 0 Å². The van der Waals surface area contributed by atoms with E-state index in [1.54, 1.807) is 31.1 Å². The Kier molecular flexibility index (Phi) is 4.52. The summed E-state index contributed by atoms with van der Waals surface area (Å²) in [6.45, 7) is 2.82. The maximum atomic E-state index is 12.0. The third kappa shape index (κ3) is 2.91. The summed E-state index contributed by atoms with van der Waals surface area (Å²) >= 11 is 7.64. The molecule has 1 amide bonds. The number of amides is 1. The molecule has 5 nitrogen and oxygen atoms in total. The Morgan fingerprint density at radius 2 is 2.41 bits per heavy atom. The summed E-state index contributed by atoms with van der Waals surface area (Å²) in [6.07, 6.45) is 2.09. The second kappa shape index (κ2) is 6.40. The van der Waals surface area contributed by atoms with Crippen LogP contribution in [-0.2, 0) is 9.53 Å². The molecule has 22 heavy (non-hydrogen) atoms. The monoisotopic (exact) mass is 340 g/mol. The van der Waals surface area contributed by atoms with E-state index in [4.69, 9.17) is 21.1 Å².